The molecule has 2 aromatic rings. The highest BCUT2D eigenvalue weighted by atomic mass is 32.2. The van der Waals surface area contributed by atoms with Crippen molar-refractivity contribution < 1.29 is 22.8 Å². The molecule has 11 nitrogen and oxygen atoms in total. The number of nitrogens with one attached hydrogen (secondary N) is 1. The van der Waals surface area contributed by atoms with Crippen molar-refractivity contribution >= 4 is 27.3 Å². The van der Waals surface area contributed by atoms with Gasteiger partial charge in [0.05, 0.1) is 25.1 Å². The lowest BCUT2D eigenvalue weighted by Crippen LogP contribution is -2.31. The molecule has 2 aromatic heterocycles. The van der Waals surface area contributed by atoms with Gasteiger partial charge < -0.3 is 20.1 Å². The van der Waals surface area contributed by atoms with Crippen molar-refractivity contribution in [3.05, 3.63) is 12.7 Å². The largest absolute Gasteiger partial charge is 0.390 e. The van der Waals surface area contributed by atoms with E-state index in [0.717, 1.165) is 0 Å². The second kappa shape index (κ2) is 6.22. The predicted octanol–water partition coefficient (Wildman–Crippen LogP) is -1.63. The van der Waals surface area contributed by atoms with Crippen LogP contribution in [0.4, 0.5) is 5.82 Å². The topological polar surface area (TPSA) is 165 Å². The second-order valence-electron chi connectivity index (χ2n) is 5.62. The minimum atomic E-state index is -4.11. The maximum atomic E-state index is 10.9. The van der Waals surface area contributed by atoms with E-state index in [1.54, 1.807) is 11.6 Å². The second-order valence-corrected chi connectivity index (χ2v) is 6.84. The Kier molecular flexibility index (Phi) is 4.40. The number of aliphatic hydroxyl groups excluding tert-OH is 2. The Morgan fingerprint density at radius 2 is 2.12 bits per heavy atom. The van der Waals surface area contributed by atoms with E-state index in [1.165, 1.54) is 12.7 Å². The summed E-state index contributed by atoms with van der Waals surface area (Å²) in [4.78, 5) is 12.5. The average Bonchev–Trinajstić information content (AvgIpc) is 3.07. The van der Waals surface area contributed by atoms with E-state index in [2.05, 4.69) is 24.5 Å². The van der Waals surface area contributed by atoms with E-state index < -0.39 is 34.5 Å². The monoisotopic (exact) mass is 358 g/mol. The van der Waals surface area contributed by atoms with Crippen LogP contribution >= 0.6 is 0 Å². The maximum Gasteiger partial charge on any atom is 0.333 e. The van der Waals surface area contributed by atoms with Crippen molar-refractivity contribution in [2.75, 3.05) is 19.0 Å². The number of anilines is 1. The first-order chi connectivity index (χ1) is 11.3. The van der Waals surface area contributed by atoms with E-state index in [9.17, 15) is 18.6 Å². The number of hydrogen-bond donors (Lipinski definition) is 4. The van der Waals surface area contributed by atoms with Crippen LogP contribution < -0.4 is 10.5 Å². The SMILES string of the molecule is CNc1ncnc2c1ncn2[C@@H]1C[C@H](COS(N)(=O)=O)[C@@H](O)[C@H]1O. The Bertz CT molecular complexity index is 840. The molecule has 0 aliphatic heterocycles. The van der Waals surface area contributed by atoms with Crippen molar-refractivity contribution in [3.8, 4) is 0 Å². The molecule has 0 spiro atoms. The molecule has 0 aromatic carbocycles. The van der Waals surface area contributed by atoms with Crippen LogP contribution in [0.3, 0.4) is 0 Å². The van der Waals surface area contributed by atoms with Crippen LogP contribution in [0.2, 0.25) is 0 Å². The summed E-state index contributed by atoms with van der Waals surface area (Å²) in [6, 6.07) is -0.529. The maximum absolute atomic E-state index is 10.9. The van der Waals surface area contributed by atoms with Gasteiger partial charge in [0, 0.05) is 13.0 Å². The summed E-state index contributed by atoms with van der Waals surface area (Å²) in [5, 5.41) is 28.2. The van der Waals surface area contributed by atoms with Crippen LogP contribution in [0.15, 0.2) is 12.7 Å². The van der Waals surface area contributed by atoms with E-state index in [-0.39, 0.29) is 13.0 Å². The molecule has 1 saturated carbocycles. The van der Waals surface area contributed by atoms with Gasteiger partial charge in [0.1, 0.15) is 17.9 Å². The molecule has 0 saturated heterocycles. The third kappa shape index (κ3) is 3.06. The zero-order valence-corrected chi connectivity index (χ0v) is 13.6. The van der Waals surface area contributed by atoms with Crippen LogP contribution in [0.1, 0.15) is 12.5 Å². The molecule has 0 bridgehead atoms. The quantitative estimate of drug-likeness (QED) is 0.491. The van der Waals surface area contributed by atoms with Crippen LogP contribution in [-0.2, 0) is 14.5 Å². The molecular formula is C12H18N6O5S. The molecule has 1 aliphatic carbocycles. The van der Waals surface area contributed by atoms with E-state index in [4.69, 9.17) is 5.14 Å². The summed E-state index contributed by atoms with van der Waals surface area (Å²) in [6.07, 6.45) is 0.877. The summed E-state index contributed by atoms with van der Waals surface area (Å²) in [5.41, 5.74) is 1.03. The Morgan fingerprint density at radius 3 is 2.79 bits per heavy atom. The van der Waals surface area contributed by atoms with Gasteiger partial charge in [-0.15, -0.1) is 0 Å². The zero-order valence-electron chi connectivity index (χ0n) is 12.8. The van der Waals surface area contributed by atoms with Crippen molar-refractivity contribution in [1.82, 2.24) is 19.5 Å². The van der Waals surface area contributed by atoms with Crippen molar-refractivity contribution in [2.24, 2.45) is 11.1 Å². The smallest absolute Gasteiger partial charge is 0.333 e. The standard InChI is InChI=1S/C12H18N6O5S/c1-14-11-8-12(16-4-15-11)18(5-17-8)7-2-6(9(19)10(7)20)3-23-24(13,21)22/h4-7,9-10,19-20H,2-3H2,1H3,(H2,13,21,22)(H,14,15,16)/t6-,7-,9-,10+/m1/s1. The van der Waals surface area contributed by atoms with E-state index in [1.807, 2.05) is 0 Å². The fourth-order valence-corrected chi connectivity index (χ4v) is 3.36. The normalized spacial score (nSPS) is 27.7. The fraction of sp³-hybridized carbons (Fsp3) is 0.583. The first-order valence-electron chi connectivity index (χ1n) is 7.20. The predicted molar refractivity (Wildman–Crippen MR) is 83.1 cm³/mol. The van der Waals surface area contributed by atoms with Gasteiger partial charge >= 0.3 is 10.3 Å². The first kappa shape index (κ1) is 17.0. The zero-order chi connectivity index (χ0) is 17.5. The number of fused-ring (bicyclic) bond motifs is 1. The number of imidazole rings is 1. The average molecular weight is 358 g/mol. The molecule has 24 heavy (non-hydrogen) atoms. The molecular weight excluding hydrogens is 340 g/mol. The van der Waals surface area contributed by atoms with Gasteiger partial charge in [0.2, 0.25) is 0 Å². The lowest BCUT2D eigenvalue weighted by Gasteiger charge is -2.18. The number of aliphatic hydroxyl groups is 2. The van der Waals surface area contributed by atoms with Crippen molar-refractivity contribution in [3.63, 3.8) is 0 Å². The van der Waals surface area contributed by atoms with Gasteiger partial charge in [-0.25, -0.2) is 20.1 Å². The van der Waals surface area contributed by atoms with Gasteiger partial charge in [-0.1, -0.05) is 0 Å². The molecule has 1 aliphatic rings. The molecule has 2 heterocycles. The molecule has 12 heteroatoms. The number of nitrogens with two attached hydrogens (primary N) is 1. The third-order valence-electron chi connectivity index (χ3n) is 4.17. The highest BCUT2D eigenvalue weighted by molar-refractivity contribution is 7.84. The number of nitrogens with zero attached hydrogens (tertiary/aromatic N) is 4. The minimum absolute atomic E-state index is 0.280. The Morgan fingerprint density at radius 1 is 1.38 bits per heavy atom. The fourth-order valence-electron chi connectivity index (χ4n) is 3.00. The van der Waals surface area contributed by atoms with Crippen molar-refractivity contribution in [2.45, 2.75) is 24.7 Å². The minimum Gasteiger partial charge on any atom is -0.390 e. The summed E-state index contributed by atoms with van der Waals surface area (Å²) in [7, 11) is -2.40. The third-order valence-corrected chi connectivity index (χ3v) is 4.64. The van der Waals surface area contributed by atoms with Gasteiger partial charge in [-0.2, -0.15) is 8.42 Å². The number of hydrogen-bond acceptors (Lipinski definition) is 9. The Labute approximate surface area is 137 Å². The molecule has 132 valence electrons. The lowest BCUT2D eigenvalue weighted by atomic mass is 10.1. The van der Waals surface area contributed by atoms with Crippen molar-refractivity contribution in [1.29, 1.82) is 0 Å². The molecule has 0 radical (unpaired) electrons. The van der Waals surface area contributed by atoms with Crippen LogP contribution in [0.25, 0.3) is 11.2 Å². The summed E-state index contributed by atoms with van der Waals surface area (Å²) in [6.45, 7) is -0.309. The molecule has 3 rings (SSSR count). The molecule has 5 N–H and O–H groups in total. The Hall–Kier alpha value is -1.86. The summed E-state index contributed by atoms with van der Waals surface area (Å²) >= 11 is 0. The van der Waals surface area contributed by atoms with Crippen LogP contribution in [0.5, 0.6) is 0 Å². The molecule has 0 amide bonds. The molecule has 0 unspecified atom stereocenters. The van der Waals surface area contributed by atoms with Gasteiger partial charge in [-0.05, 0) is 6.42 Å². The van der Waals surface area contributed by atoms with Gasteiger partial charge in [-0.3, -0.25) is 4.18 Å². The number of rotatable bonds is 5. The van der Waals surface area contributed by atoms with Crippen LogP contribution in [-0.4, -0.2) is 64.0 Å². The van der Waals surface area contributed by atoms with E-state index >= 15 is 0 Å². The van der Waals surface area contributed by atoms with Gasteiger partial charge in [0.25, 0.3) is 0 Å². The highest BCUT2D eigenvalue weighted by Crippen LogP contribution is 2.37. The van der Waals surface area contributed by atoms with Crippen LogP contribution in [0, 0.1) is 5.92 Å². The van der Waals surface area contributed by atoms with E-state index in [0.29, 0.717) is 17.0 Å². The highest BCUT2D eigenvalue weighted by Gasteiger charge is 2.43. The van der Waals surface area contributed by atoms with Gasteiger partial charge in [0.15, 0.2) is 11.5 Å². The summed E-state index contributed by atoms with van der Waals surface area (Å²) in [5.74, 6) is -0.0488. The molecule has 1 fully saturated rings. The molecule has 4 atom stereocenters. The lowest BCUT2D eigenvalue weighted by molar-refractivity contribution is -0.000990. The summed E-state index contributed by atoms with van der Waals surface area (Å²) < 4.78 is 28.0. The Balaban J connectivity index is 1.87. The first-order valence-corrected chi connectivity index (χ1v) is 8.67. The number of aromatic nitrogens is 4.